The standard InChI is InChI=1S/C18H20N2O6/c1-24-13-6-8-14(9-7-13)26-11-12(21)10-19-17(22)15-4-3-5-16(20-15)18(23)25-2/h3-9,12,21H,10-11H2,1-2H3,(H,19,22). The highest BCUT2D eigenvalue weighted by Gasteiger charge is 2.14. The lowest BCUT2D eigenvalue weighted by Crippen LogP contribution is -2.35. The van der Waals surface area contributed by atoms with Gasteiger partial charge in [-0.25, -0.2) is 9.78 Å². The Morgan fingerprint density at radius 1 is 1.08 bits per heavy atom. The van der Waals surface area contributed by atoms with E-state index in [9.17, 15) is 14.7 Å². The molecule has 0 aliphatic rings. The first-order chi connectivity index (χ1) is 12.5. The van der Waals surface area contributed by atoms with Crippen molar-refractivity contribution in [3.63, 3.8) is 0 Å². The number of nitrogens with zero attached hydrogens (tertiary/aromatic N) is 1. The second-order valence-corrected chi connectivity index (χ2v) is 5.25. The van der Waals surface area contributed by atoms with Gasteiger partial charge in [0.15, 0.2) is 0 Å². The number of rotatable bonds is 8. The maximum absolute atomic E-state index is 12.1. The van der Waals surface area contributed by atoms with E-state index in [1.165, 1.54) is 25.3 Å². The Balaban J connectivity index is 1.81. The van der Waals surface area contributed by atoms with Crippen LogP contribution in [-0.2, 0) is 4.74 Å². The van der Waals surface area contributed by atoms with E-state index in [4.69, 9.17) is 9.47 Å². The number of ether oxygens (including phenoxy) is 3. The molecule has 0 fully saturated rings. The zero-order valence-corrected chi connectivity index (χ0v) is 14.5. The van der Waals surface area contributed by atoms with Gasteiger partial charge in [-0.15, -0.1) is 0 Å². The molecule has 0 aliphatic carbocycles. The van der Waals surface area contributed by atoms with Crippen molar-refractivity contribution in [1.29, 1.82) is 0 Å². The summed E-state index contributed by atoms with van der Waals surface area (Å²) in [6, 6.07) is 11.3. The Kier molecular flexibility index (Phi) is 6.92. The first kappa shape index (κ1) is 19.2. The number of nitrogens with one attached hydrogen (secondary N) is 1. The van der Waals surface area contributed by atoms with Crippen LogP contribution >= 0.6 is 0 Å². The van der Waals surface area contributed by atoms with Crippen molar-refractivity contribution in [1.82, 2.24) is 10.3 Å². The van der Waals surface area contributed by atoms with Gasteiger partial charge in [-0.1, -0.05) is 6.07 Å². The Morgan fingerprint density at radius 2 is 1.73 bits per heavy atom. The molecule has 138 valence electrons. The smallest absolute Gasteiger partial charge is 0.356 e. The topological polar surface area (TPSA) is 107 Å². The van der Waals surface area contributed by atoms with Crippen LogP contribution in [0.1, 0.15) is 21.0 Å². The van der Waals surface area contributed by atoms with E-state index in [0.29, 0.717) is 11.5 Å². The van der Waals surface area contributed by atoms with Crippen molar-refractivity contribution in [3.05, 3.63) is 53.9 Å². The second-order valence-electron chi connectivity index (χ2n) is 5.25. The van der Waals surface area contributed by atoms with Gasteiger partial charge < -0.3 is 24.6 Å². The van der Waals surface area contributed by atoms with Crippen LogP contribution in [0.15, 0.2) is 42.5 Å². The first-order valence-corrected chi connectivity index (χ1v) is 7.82. The van der Waals surface area contributed by atoms with Gasteiger partial charge in [0, 0.05) is 6.54 Å². The number of esters is 1. The molecule has 1 amide bonds. The zero-order valence-electron chi connectivity index (χ0n) is 14.5. The van der Waals surface area contributed by atoms with Crippen LogP contribution in [0.25, 0.3) is 0 Å². The van der Waals surface area contributed by atoms with E-state index in [-0.39, 0.29) is 24.5 Å². The molecule has 1 aromatic heterocycles. The van der Waals surface area contributed by atoms with E-state index in [0.717, 1.165) is 0 Å². The summed E-state index contributed by atoms with van der Waals surface area (Å²) >= 11 is 0. The SMILES string of the molecule is COC(=O)c1cccc(C(=O)NCC(O)COc2ccc(OC)cc2)n1. The molecule has 0 saturated carbocycles. The number of aromatic nitrogens is 1. The minimum atomic E-state index is -0.912. The molecule has 2 N–H and O–H groups in total. The largest absolute Gasteiger partial charge is 0.497 e. The van der Waals surface area contributed by atoms with Gasteiger partial charge in [-0.05, 0) is 36.4 Å². The van der Waals surface area contributed by atoms with Crippen molar-refractivity contribution in [2.24, 2.45) is 0 Å². The van der Waals surface area contributed by atoms with Gasteiger partial charge in [0.25, 0.3) is 5.91 Å². The third kappa shape index (κ3) is 5.45. The number of amides is 1. The summed E-state index contributed by atoms with van der Waals surface area (Å²) in [5.41, 5.74) is 0.0831. The van der Waals surface area contributed by atoms with Gasteiger partial charge in [-0.3, -0.25) is 4.79 Å². The fraction of sp³-hybridized carbons (Fsp3) is 0.278. The molecule has 1 aromatic carbocycles. The maximum atomic E-state index is 12.1. The van der Waals surface area contributed by atoms with Gasteiger partial charge in [-0.2, -0.15) is 0 Å². The number of methoxy groups -OCH3 is 2. The summed E-state index contributed by atoms with van der Waals surface area (Å²) in [5.74, 6) is 0.127. The van der Waals surface area contributed by atoms with Crippen LogP contribution < -0.4 is 14.8 Å². The minimum Gasteiger partial charge on any atom is -0.497 e. The molecule has 0 bridgehead atoms. The average Bonchev–Trinajstić information content (AvgIpc) is 2.70. The maximum Gasteiger partial charge on any atom is 0.356 e. The normalized spacial score (nSPS) is 11.3. The van der Waals surface area contributed by atoms with E-state index >= 15 is 0 Å². The predicted molar refractivity (Wildman–Crippen MR) is 92.4 cm³/mol. The minimum absolute atomic E-state index is 0.00222. The quantitative estimate of drug-likeness (QED) is 0.678. The number of carbonyl (C=O) groups excluding carboxylic acids is 2. The molecule has 8 heteroatoms. The second kappa shape index (κ2) is 9.38. The molecule has 0 spiro atoms. The van der Waals surface area contributed by atoms with Crippen molar-refractivity contribution in [2.75, 3.05) is 27.4 Å². The van der Waals surface area contributed by atoms with Crippen LogP contribution in [0, 0.1) is 0 Å². The lowest BCUT2D eigenvalue weighted by molar-refractivity contribution is 0.0594. The number of carbonyl (C=O) groups is 2. The summed E-state index contributed by atoms with van der Waals surface area (Å²) < 4.78 is 15.0. The third-order valence-electron chi connectivity index (χ3n) is 3.38. The highest BCUT2D eigenvalue weighted by Crippen LogP contribution is 2.17. The lowest BCUT2D eigenvalue weighted by Gasteiger charge is -2.13. The van der Waals surface area contributed by atoms with Crippen molar-refractivity contribution in [3.8, 4) is 11.5 Å². The predicted octanol–water partition coefficient (Wildman–Crippen LogP) is 1.05. The lowest BCUT2D eigenvalue weighted by atomic mass is 10.2. The Bertz CT molecular complexity index is 748. The molecule has 26 heavy (non-hydrogen) atoms. The summed E-state index contributed by atoms with van der Waals surface area (Å²) in [6.07, 6.45) is -0.912. The van der Waals surface area contributed by atoms with Crippen LogP contribution in [-0.4, -0.2) is 55.4 Å². The number of pyridine rings is 1. The summed E-state index contributed by atoms with van der Waals surface area (Å²) in [7, 11) is 2.80. The third-order valence-corrected chi connectivity index (χ3v) is 3.38. The molecular weight excluding hydrogens is 340 g/mol. The molecule has 8 nitrogen and oxygen atoms in total. The molecule has 0 radical (unpaired) electrons. The molecule has 2 aromatic rings. The van der Waals surface area contributed by atoms with Gasteiger partial charge in [0.2, 0.25) is 0 Å². The van der Waals surface area contributed by atoms with Crippen molar-refractivity contribution < 1.29 is 28.9 Å². The molecule has 1 heterocycles. The molecule has 0 aliphatic heterocycles. The summed E-state index contributed by atoms with van der Waals surface area (Å²) in [6.45, 7) is -0.0264. The first-order valence-electron chi connectivity index (χ1n) is 7.82. The number of hydrogen-bond acceptors (Lipinski definition) is 7. The molecular formula is C18H20N2O6. The van der Waals surface area contributed by atoms with Crippen LogP contribution in [0.4, 0.5) is 0 Å². The highest BCUT2D eigenvalue weighted by molar-refractivity contribution is 5.94. The van der Waals surface area contributed by atoms with E-state index in [1.807, 2.05) is 0 Å². The summed E-state index contributed by atoms with van der Waals surface area (Å²) in [4.78, 5) is 27.4. The van der Waals surface area contributed by atoms with Gasteiger partial charge in [0.05, 0.1) is 14.2 Å². The Hall–Kier alpha value is -3.13. The molecule has 0 saturated heterocycles. The summed E-state index contributed by atoms with van der Waals surface area (Å²) in [5, 5.41) is 12.5. The molecule has 1 atom stereocenters. The highest BCUT2D eigenvalue weighted by atomic mass is 16.5. The van der Waals surface area contributed by atoms with E-state index in [2.05, 4.69) is 15.0 Å². The van der Waals surface area contributed by atoms with Crippen LogP contribution in [0.5, 0.6) is 11.5 Å². The van der Waals surface area contributed by atoms with E-state index in [1.54, 1.807) is 31.4 Å². The van der Waals surface area contributed by atoms with Crippen LogP contribution in [0.3, 0.4) is 0 Å². The average molecular weight is 360 g/mol. The van der Waals surface area contributed by atoms with Gasteiger partial charge >= 0.3 is 5.97 Å². The number of benzene rings is 1. The Labute approximate surface area is 150 Å². The van der Waals surface area contributed by atoms with Crippen molar-refractivity contribution in [2.45, 2.75) is 6.10 Å². The van der Waals surface area contributed by atoms with Crippen LogP contribution in [0.2, 0.25) is 0 Å². The number of hydrogen-bond donors (Lipinski definition) is 2. The monoisotopic (exact) mass is 360 g/mol. The fourth-order valence-electron chi connectivity index (χ4n) is 2.00. The fourth-order valence-corrected chi connectivity index (χ4v) is 2.00. The van der Waals surface area contributed by atoms with Gasteiger partial charge in [0.1, 0.15) is 35.6 Å². The number of aliphatic hydroxyl groups excluding tert-OH is 1. The number of aliphatic hydroxyl groups is 1. The molecule has 2 rings (SSSR count). The van der Waals surface area contributed by atoms with E-state index < -0.39 is 18.0 Å². The van der Waals surface area contributed by atoms with Crippen molar-refractivity contribution >= 4 is 11.9 Å². The zero-order chi connectivity index (χ0) is 18.9. The molecule has 1 unspecified atom stereocenters. The Morgan fingerprint density at radius 3 is 2.38 bits per heavy atom.